The molecule has 0 unspecified atom stereocenters. The van der Waals surface area contributed by atoms with Crippen molar-refractivity contribution in [3.8, 4) is 16.6 Å². The zero-order valence-corrected chi connectivity index (χ0v) is 11.9. The van der Waals surface area contributed by atoms with Gasteiger partial charge in [0, 0.05) is 11.0 Å². The Balaban J connectivity index is 2.52. The third kappa shape index (κ3) is 2.44. The van der Waals surface area contributed by atoms with Crippen molar-refractivity contribution < 1.29 is 0 Å². The molecule has 3 heteroatoms. The number of aryl methyl sites for hydroxylation is 1. The molecular weight excluding hydrogens is 240 g/mol. The summed E-state index contributed by atoms with van der Waals surface area (Å²) in [7, 11) is 0. The maximum absolute atomic E-state index is 9.21. The Kier molecular flexibility index (Phi) is 3.23. The maximum Gasteiger partial charge on any atom is 0.128 e. The molecule has 0 aliphatic heterocycles. The summed E-state index contributed by atoms with van der Waals surface area (Å²) in [6, 6.07) is 10.5. The van der Waals surface area contributed by atoms with Gasteiger partial charge < -0.3 is 0 Å². The van der Waals surface area contributed by atoms with Gasteiger partial charge in [-0.15, -0.1) is 11.3 Å². The topological polar surface area (TPSA) is 36.7 Å². The third-order valence-corrected chi connectivity index (χ3v) is 3.75. The summed E-state index contributed by atoms with van der Waals surface area (Å²) in [6.45, 7) is 8.32. The Morgan fingerprint density at radius 3 is 2.22 bits per heavy atom. The Labute approximate surface area is 112 Å². The lowest BCUT2D eigenvalue weighted by molar-refractivity contribution is 0.572. The summed E-state index contributed by atoms with van der Waals surface area (Å²) in [4.78, 5) is 5.37. The SMILES string of the molecule is Cc1ccc(-c2nc(C(C)(C)C)c(C#N)s2)cc1. The van der Waals surface area contributed by atoms with Gasteiger partial charge in [0.2, 0.25) is 0 Å². The van der Waals surface area contributed by atoms with Gasteiger partial charge >= 0.3 is 0 Å². The number of aromatic nitrogens is 1. The molecule has 0 N–H and O–H groups in total. The first-order valence-corrected chi connectivity index (χ1v) is 6.72. The Morgan fingerprint density at radius 2 is 1.78 bits per heavy atom. The number of benzene rings is 1. The van der Waals surface area contributed by atoms with E-state index in [1.54, 1.807) is 0 Å². The summed E-state index contributed by atoms with van der Waals surface area (Å²) >= 11 is 1.47. The Morgan fingerprint density at radius 1 is 1.17 bits per heavy atom. The molecule has 0 atom stereocenters. The van der Waals surface area contributed by atoms with Crippen LogP contribution in [0.25, 0.3) is 10.6 Å². The van der Waals surface area contributed by atoms with E-state index >= 15 is 0 Å². The van der Waals surface area contributed by atoms with Crippen LogP contribution in [0.3, 0.4) is 0 Å². The highest BCUT2D eigenvalue weighted by molar-refractivity contribution is 7.15. The molecule has 0 fully saturated rings. The van der Waals surface area contributed by atoms with E-state index in [-0.39, 0.29) is 5.41 Å². The van der Waals surface area contributed by atoms with Crippen LogP contribution in [-0.2, 0) is 5.41 Å². The molecule has 0 spiro atoms. The molecule has 0 bridgehead atoms. The first-order chi connectivity index (χ1) is 8.41. The zero-order chi connectivity index (χ0) is 13.3. The molecule has 0 aliphatic rings. The molecular formula is C15H16N2S. The van der Waals surface area contributed by atoms with Crippen LogP contribution in [0.15, 0.2) is 24.3 Å². The Bertz CT molecular complexity index is 595. The van der Waals surface area contributed by atoms with E-state index in [0.29, 0.717) is 0 Å². The van der Waals surface area contributed by atoms with E-state index in [4.69, 9.17) is 0 Å². The normalized spacial score (nSPS) is 11.3. The summed E-state index contributed by atoms with van der Waals surface area (Å²) in [6.07, 6.45) is 0. The van der Waals surface area contributed by atoms with Crippen molar-refractivity contribution in [1.29, 1.82) is 5.26 Å². The average molecular weight is 256 g/mol. The molecule has 2 rings (SSSR count). The second-order valence-corrected chi connectivity index (χ2v) is 6.42. The van der Waals surface area contributed by atoms with E-state index in [1.165, 1.54) is 16.9 Å². The van der Waals surface area contributed by atoms with Gasteiger partial charge in [0.15, 0.2) is 0 Å². The molecule has 1 heterocycles. The lowest BCUT2D eigenvalue weighted by atomic mass is 9.91. The van der Waals surface area contributed by atoms with E-state index < -0.39 is 0 Å². The third-order valence-electron chi connectivity index (χ3n) is 2.74. The monoisotopic (exact) mass is 256 g/mol. The van der Waals surface area contributed by atoms with Crippen molar-refractivity contribution in [3.05, 3.63) is 40.4 Å². The number of nitrogens with zero attached hydrogens (tertiary/aromatic N) is 2. The Hall–Kier alpha value is -1.66. The number of hydrogen-bond donors (Lipinski definition) is 0. The van der Waals surface area contributed by atoms with Gasteiger partial charge in [-0.05, 0) is 6.92 Å². The zero-order valence-electron chi connectivity index (χ0n) is 11.1. The van der Waals surface area contributed by atoms with Gasteiger partial charge in [-0.25, -0.2) is 4.98 Å². The van der Waals surface area contributed by atoms with Gasteiger partial charge in [0.1, 0.15) is 16.0 Å². The number of nitriles is 1. The molecule has 0 saturated heterocycles. The smallest absolute Gasteiger partial charge is 0.128 e. The van der Waals surface area contributed by atoms with Crippen molar-refractivity contribution >= 4 is 11.3 Å². The first kappa shape index (κ1) is 12.8. The lowest BCUT2D eigenvalue weighted by Gasteiger charge is -2.15. The van der Waals surface area contributed by atoms with Crippen LogP contribution in [0.1, 0.15) is 36.9 Å². The minimum atomic E-state index is -0.0927. The highest BCUT2D eigenvalue weighted by Gasteiger charge is 2.23. The molecule has 0 aliphatic carbocycles. The average Bonchev–Trinajstić information content (AvgIpc) is 2.73. The van der Waals surface area contributed by atoms with Gasteiger partial charge in [0.05, 0.1) is 5.69 Å². The van der Waals surface area contributed by atoms with Crippen LogP contribution >= 0.6 is 11.3 Å². The molecule has 0 radical (unpaired) electrons. The summed E-state index contributed by atoms with van der Waals surface area (Å²) in [5.74, 6) is 0. The summed E-state index contributed by atoms with van der Waals surface area (Å²) in [5.41, 5.74) is 3.11. The quantitative estimate of drug-likeness (QED) is 0.763. The van der Waals surface area contributed by atoms with Crippen molar-refractivity contribution in [2.75, 3.05) is 0 Å². The van der Waals surface area contributed by atoms with E-state index in [0.717, 1.165) is 21.1 Å². The van der Waals surface area contributed by atoms with Crippen LogP contribution in [0.2, 0.25) is 0 Å². The lowest BCUT2D eigenvalue weighted by Crippen LogP contribution is -2.13. The number of rotatable bonds is 1. The van der Waals surface area contributed by atoms with Gasteiger partial charge in [0.25, 0.3) is 0 Å². The van der Waals surface area contributed by atoms with E-state index in [9.17, 15) is 5.26 Å². The first-order valence-electron chi connectivity index (χ1n) is 5.90. The predicted molar refractivity (Wildman–Crippen MR) is 75.7 cm³/mol. The fourth-order valence-electron chi connectivity index (χ4n) is 1.72. The predicted octanol–water partition coefficient (Wildman–Crippen LogP) is 4.29. The highest BCUT2D eigenvalue weighted by Crippen LogP contribution is 2.33. The maximum atomic E-state index is 9.21. The van der Waals surface area contributed by atoms with Crippen LogP contribution in [0.5, 0.6) is 0 Å². The summed E-state index contributed by atoms with van der Waals surface area (Å²) in [5, 5.41) is 10.1. The molecule has 2 nitrogen and oxygen atoms in total. The van der Waals surface area contributed by atoms with Crippen molar-refractivity contribution in [2.24, 2.45) is 0 Å². The summed E-state index contributed by atoms with van der Waals surface area (Å²) < 4.78 is 0. The minimum absolute atomic E-state index is 0.0927. The van der Waals surface area contributed by atoms with Crippen LogP contribution in [-0.4, -0.2) is 4.98 Å². The van der Waals surface area contributed by atoms with Crippen LogP contribution < -0.4 is 0 Å². The second-order valence-electron chi connectivity index (χ2n) is 5.42. The molecule has 0 saturated carbocycles. The van der Waals surface area contributed by atoms with Gasteiger partial charge in [-0.2, -0.15) is 5.26 Å². The van der Waals surface area contributed by atoms with Crippen molar-refractivity contribution in [2.45, 2.75) is 33.1 Å². The van der Waals surface area contributed by atoms with Crippen LogP contribution in [0.4, 0.5) is 0 Å². The highest BCUT2D eigenvalue weighted by atomic mass is 32.1. The second kappa shape index (κ2) is 4.55. The van der Waals surface area contributed by atoms with Crippen LogP contribution in [0, 0.1) is 18.3 Å². The fraction of sp³-hybridized carbons (Fsp3) is 0.333. The molecule has 2 aromatic rings. The van der Waals surface area contributed by atoms with Crippen molar-refractivity contribution in [3.63, 3.8) is 0 Å². The van der Waals surface area contributed by atoms with Crippen molar-refractivity contribution in [1.82, 2.24) is 4.98 Å². The van der Waals surface area contributed by atoms with Gasteiger partial charge in [-0.3, -0.25) is 0 Å². The molecule has 18 heavy (non-hydrogen) atoms. The van der Waals surface area contributed by atoms with E-state index in [2.05, 4.69) is 63.0 Å². The standard InChI is InChI=1S/C15H16N2S/c1-10-5-7-11(8-6-10)14-17-13(15(2,3)4)12(9-16)18-14/h5-8H,1-4H3. The molecule has 1 aromatic carbocycles. The number of hydrogen-bond acceptors (Lipinski definition) is 3. The fourth-order valence-corrected chi connectivity index (χ4v) is 2.80. The number of thiazole rings is 1. The van der Waals surface area contributed by atoms with E-state index in [1.807, 2.05) is 0 Å². The molecule has 0 amide bonds. The molecule has 1 aromatic heterocycles. The largest absolute Gasteiger partial charge is 0.239 e. The molecule has 92 valence electrons. The van der Waals surface area contributed by atoms with Gasteiger partial charge in [-0.1, -0.05) is 50.6 Å². The minimum Gasteiger partial charge on any atom is -0.239 e.